The Morgan fingerprint density at radius 2 is 2.29 bits per heavy atom. The van der Waals surface area contributed by atoms with Gasteiger partial charge in [0.15, 0.2) is 0 Å². The maximum atomic E-state index is 11.5. The SMILES string of the molecule is CN(CCC(=O)O)C(=O)NCCn1ccnn1. The third kappa shape index (κ3) is 4.96. The normalized spacial score (nSPS) is 9.94. The Morgan fingerprint density at radius 1 is 1.53 bits per heavy atom. The number of aliphatic carboxylic acids is 1. The van der Waals surface area contributed by atoms with Gasteiger partial charge in [0.2, 0.25) is 0 Å². The highest BCUT2D eigenvalue weighted by Gasteiger charge is 2.08. The minimum Gasteiger partial charge on any atom is -0.481 e. The molecule has 1 aromatic heterocycles. The molecule has 0 saturated carbocycles. The molecule has 0 aliphatic rings. The zero-order chi connectivity index (χ0) is 12.7. The number of hydrogen-bond acceptors (Lipinski definition) is 4. The first-order valence-electron chi connectivity index (χ1n) is 5.14. The molecule has 0 aromatic carbocycles. The Labute approximate surface area is 98.2 Å². The number of rotatable bonds is 6. The number of hydrogen-bond donors (Lipinski definition) is 2. The lowest BCUT2D eigenvalue weighted by molar-refractivity contribution is -0.137. The topological polar surface area (TPSA) is 100 Å². The van der Waals surface area contributed by atoms with Crippen LogP contribution >= 0.6 is 0 Å². The molecule has 94 valence electrons. The monoisotopic (exact) mass is 241 g/mol. The highest BCUT2D eigenvalue weighted by atomic mass is 16.4. The third-order valence-electron chi connectivity index (χ3n) is 2.10. The molecule has 0 unspecified atom stereocenters. The molecular formula is C9H15N5O3. The van der Waals surface area contributed by atoms with Gasteiger partial charge in [-0.1, -0.05) is 5.21 Å². The van der Waals surface area contributed by atoms with Crippen molar-refractivity contribution in [3.05, 3.63) is 12.4 Å². The van der Waals surface area contributed by atoms with Gasteiger partial charge in [-0.05, 0) is 0 Å². The molecule has 0 fully saturated rings. The number of aromatic nitrogens is 3. The predicted molar refractivity (Wildman–Crippen MR) is 58.3 cm³/mol. The number of nitrogens with one attached hydrogen (secondary N) is 1. The summed E-state index contributed by atoms with van der Waals surface area (Å²) >= 11 is 0. The summed E-state index contributed by atoms with van der Waals surface area (Å²) in [5.74, 6) is -0.924. The van der Waals surface area contributed by atoms with E-state index in [2.05, 4.69) is 15.6 Å². The van der Waals surface area contributed by atoms with Crippen molar-refractivity contribution in [3.63, 3.8) is 0 Å². The van der Waals surface area contributed by atoms with Crippen molar-refractivity contribution in [1.82, 2.24) is 25.2 Å². The van der Waals surface area contributed by atoms with Gasteiger partial charge in [0, 0.05) is 26.3 Å². The molecule has 0 aliphatic carbocycles. The summed E-state index contributed by atoms with van der Waals surface area (Å²) < 4.78 is 1.59. The maximum absolute atomic E-state index is 11.5. The van der Waals surface area contributed by atoms with Gasteiger partial charge in [-0.2, -0.15) is 0 Å². The first-order chi connectivity index (χ1) is 8.09. The van der Waals surface area contributed by atoms with E-state index >= 15 is 0 Å². The fourth-order valence-corrected chi connectivity index (χ4v) is 1.13. The van der Waals surface area contributed by atoms with Crippen LogP contribution in [0.3, 0.4) is 0 Å². The number of carboxylic acid groups (broad SMARTS) is 1. The highest BCUT2D eigenvalue weighted by Crippen LogP contribution is 1.89. The van der Waals surface area contributed by atoms with Gasteiger partial charge in [0.05, 0.1) is 19.2 Å². The molecule has 0 spiro atoms. The Kier molecular flexibility index (Phi) is 4.92. The van der Waals surface area contributed by atoms with E-state index in [1.54, 1.807) is 24.1 Å². The molecule has 0 atom stereocenters. The van der Waals surface area contributed by atoms with Crippen LogP contribution in [0.5, 0.6) is 0 Å². The van der Waals surface area contributed by atoms with Gasteiger partial charge < -0.3 is 15.3 Å². The van der Waals surface area contributed by atoms with E-state index in [-0.39, 0.29) is 19.0 Å². The van der Waals surface area contributed by atoms with Crippen molar-refractivity contribution in [1.29, 1.82) is 0 Å². The van der Waals surface area contributed by atoms with Gasteiger partial charge >= 0.3 is 12.0 Å². The van der Waals surface area contributed by atoms with Crippen LogP contribution < -0.4 is 5.32 Å². The maximum Gasteiger partial charge on any atom is 0.317 e. The second kappa shape index (κ2) is 6.46. The van der Waals surface area contributed by atoms with Crippen LogP contribution in [-0.2, 0) is 11.3 Å². The molecule has 8 heteroatoms. The van der Waals surface area contributed by atoms with Crippen LogP contribution in [-0.4, -0.2) is 57.1 Å². The summed E-state index contributed by atoms with van der Waals surface area (Å²) in [4.78, 5) is 23.1. The lowest BCUT2D eigenvalue weighted by Gasteiger charge is -2.16. The predicted octanol–water partition coefficient (Wildman–Crippen LogP) is -0.606. The number of amides is 2. The molecule has 8 nitrogen and oxygen atoms in total. The second-order valence-corrected chi connectivity index (χ2v) is 3.46. The van der Waals surface area contributed by atoms with Crippen molar-refractivity contribution in [2.45, 2.75) is 13.0 Å². The smallest absolute Gasteiger partial charge is 0.317 e. The number of carboxylic acids is 1. The Hall–Kier alpha value is -2.12. The van der Waals surface area contributed by atoms with Crippen LogP contribution in [0.2, 0.25) is 0 Å². The standard InChI is InChI=1S/C9H15N5O3/c1-13(5-2-8(15)16)9(17)10-3-6-14-7-4-11-12-14/h4,7H,2-3,5-6H2,1H3,(H,10,17)(H,15,16). The second-order valence-electron chi connectivity index (χ2n) is 3.46. The molecule has 1 aromatic rings. The molecule has 0 radical (unpaired) electrons. The first-order valence-corrected chi connectivity index (χ1v) is 5.14. The van der Waals surface area contributed by atoms with E-state index in [4.69, 9.17) is 5.11 Å². The van der Waals surface area contributed by atoms with Crippen LogP contribution in [0.1, 0.15) is 6.42 Å². The first kappa shape index (κ1) is 12.9. The van der Waals surface area contributed by atoms with E-state index in [9.17, 15) is 9.59 Å². The van der Waals surface area contributed by atoms with Crippen LogP contribution in [0.25, 0.3) is 0 Å². The molecule has 2 N–H and O–H groups in total. The third-order valence-corrected chi connectivity index (χ3v) is 2.10. The van der Waals surface area contributed by atoms with Gasteiger partial charge in [-0.25, -0.2) is 4.79 Å². The van der Waals surface area contributed by atoms with Crippen molar-refractivity contribution >= 4 is 12.0 Å². The quantitative estimate of drug-likeness (QED) is 0.692. The van der Waals surface area contributed by atoms with E-state index in [0.717, 1.165) is 0 Å². The minimum atomic E-state index is -0.924. The van der Waals surface area contributed by atoms with Crippen LogP contribution in [0.4, 0.5) is 4.79 Å². The molecule has 1 heterocycles. The number of nitrogens with zero attached hydrogens (tertiary/aromatic N) is 4. The van der Waals surface area contributed by atoms with Crippen molar-refractivity contribution in [2.75, 3.05) is 20.1 Å². The number of carbonyl (C=O) groups is 2. The van der Waals surface area contributed by atoms with Crippen molar-refractivity contribution in [2.24, 2.45) is 0 Å². The summed E-state index contributed by atoms with van der Waals surface area (Å²) in [6.07, 6.45) is 3.19. The van der Waals surface area contributed by atoms with Gasteiger partial charge in [0.1, 0.15) is 0 Å². The Balaban J connectivity index is 2.17. The van der Waals surface area contributed by atoms with Gasteiger partial charge in [-0.3, -0.25) is 9.48 Å². The average Bonchev–Trinajstić information content (AvgIpc) is 2.78. The van der Waals surface area contributed by atoms with E-state index in [1.165, 1.54) is 4.90 Å². The lowest BCUT2D eigenvalue weighted by atomic mass is 10.4. The fraction of sp³-hybridized carbons (Fsp3) is 0.556. The Morgan fingerprint density at radius 3 is 2.88 bits per heavy atom. The fourth-order valence-electron chi connectivity index (χ4n) is 1.13. The average molecular weight is 241 g/mol. The van der Waals surface area contributed by atoms with Gasteiger partial charge in [-0.15, -0.1) is 5.10 Å². The number of carbonyl (C=O) groups excluding carboxylic acids is 1. The molecule has 17 heavy (non-hydrogen) atoms. The zero-order valence-corrected chi connectivity index (χ0v) is 9.54. The zero-order valence-electron chi connectivity index (χ0n) is 9.54. The molecule has 0 aliphatic heterocycles. The largest absolute Gasteiger partial charge is 0.481 e. The molecule has 1 rings (SSSR count). The van der Waals surface area contributed by atoms with Crippen LogP contribution in [0.15, 0.2) is 12.4 Å². The molecule has 2 amide bonds. The summed E-state index contributed by atoms with van der Waals surface area (Å²) in [7, 11) is 1.55. The van der Waals surface area contributed by atoms with E-state index in [0.29, 0.717) is 13.1 Å². The molecular weight excluding hydrogens is 226 g/mol. The molecule has 0 saturated heterocycles. The van der Waals surface area contributed by atoms with E-state index < -0.39 is 5.97 Å². The highest BCUT2D eigenvalue weighted by molar-refractivity contribution is 5.74. The molecule has 0 bridgehead atoms. The lowest BCUT2D eigenvalue weighted by Crippen LogP contribution is -2.39. The van der Waals surface area contributed by atoms with E-state index in [1.807, 2.05) is 0 Å². The van der Waals surface area contributed by atoms with Gasteiger partial charge in [0.25, 0.3) is 0 Å². The summed E-state index contributed by atoms with van der Waals surface area (Å²) in [6.45, 7) is 1.13. The van der Waals surface area contributed by atoms with Crippen LogP contribution in [0, 0.1) is 0 Å². The summed E-state index contributed by atoms with van der Waals surface area (Å²) in [5.41, 5.74) is 0. The van der Waals surface area contributed by atoms with Crippen molar-refractivity contribution in [3.8, 4) is 0 Å². The number of urea groups is 1. The summed E-state index contributed by atoms with van der Waals surface area (Å²) in [6, 6.07) is -0.300. The minimum absolute atomic E-state index is 0.0625. The summed E-state index contributed by atoms with van der Waals surface area (Å²) in [5, 5.41) is 18.5. The Bertz CT molecular complexity index is 365. The van der Waals surface area contributed by atoms with Crippen molar-refractivity contribution < 1.29 is 14.7 Å².